The molecule has 0 aliphatic rings. The molecular weight excluding hydrogens is 258 g/mol. The van der Waals surface area contributed by atoms with Gasteiger partial charge in [0, 0.05) is 17.3 Å². The lowest BCUT2D eigenvalue weighted by molar-refractivity contribution is -0.384. The highest BCUT2D eigenvalue weighted by Crippen LogP contribution is 2.31. The number of pyridine rings is 1. The first-order valence-electron chi connectivity index (χ1n) is 5.26. The number of nitrogens with two attached hydrogens (primary N) is 1. The molecule has 4 N–H and O–H groups in total. The largest absolute Gasteiger partial charge is 0.390 e. The average molecular weight is 273 g/mol. The van der Waals surface area contributed by atoms with Gasteiger partial charge in [0.15, 0.2) is 0 Å². The molecule has 1 heterocycles. The summed E-state index contributed by atoms with van der Waals surface area (Å²) in [6, 6.07) is 0. The van der Waals surface area contributed by atoms with Crippen molar-refractivity contribution in [1.82, 2.24) is 4.98 Å². The van der Waals surface area contributed by atoms with Crippen LogP contribution in [-0.4, -0.2) is 32.0 Å². The minimum absolute atomic E-state index is 0.199. The number of hydrogen-bond donors (Lipinski definition) is 4. The molecule has 7 nitrogen and oxygen atoms in total. The van der Waals surface area contributed by atoms with Gasteiger partial charge in [-0.2, -0.15) is 12.6 Å². The van der Waals surface area contributed by atoms with Gasteiger partial charge in [0.25, 0.3) is 0 Å². The van der Waals surface area contributed by atoms with E-state index in [0.717, 1.165) is 0 Å². The van der Waals surface area contributed by atoms with Gasteiger partial charge in [0.2, 0.25) is 5.82 Å². The average Bonchev–Trinajstić information content (AvgIpc) is 2.28. The number of aromatic nitrogens is 1. The van der Waals surface area contributed by atoms with Crippen molar-refractivity contribution in [3.63, 3.8) is 0 Å². The molecule has 2 atom stereocenters. The highest BCUT2D eigenvalue weighted by Gasteiger charge is 2.26. The number of thiol groups is 1. The molecule has 0 aliphatic heterocycles. The van der Waals surface area contributed by atoms with E-state index in [2.05, 4.69) is 17.6 Å². The van der Waals surface area contributed by atoms with Gasteiger partial charge in [-0.3, -0.25) is 10.1 Å². The number of anilines is 1. The van der Waals surface area contributed by atoms with Gasteiger partial charge in [0.1, 0.15) is 6.10 Å². The van der Waals surface area contributed by atoms with Crippen LogP contribution in [0.1, 0.15) is 23.7 Å². The minimum atomic E-state index is -1.25. The summed E-state index contributed by atoms with van der Waals surface area (Å²) in [6.07, 6.45) is -0.790. The van der Waals surface area contributed by atoms with Gasteiger partial charge in [-0.15, -0.1) is 0 Å². The van der Waals surface area contributed by atoms with E-state index in [1.165, 1.54) is 13.1 Å². The van der Waals surface area contributed by atoms with Crippen LogP contribution in [0, 0.1) is 17.0 Å². The lowest BCUT2D eigenvalue weighted by atomic mass is 9.99. The first kappa shape index (κ1) is 14.7. The second-order valence-corrected chi connectivity index (χ2v) is 4.30. The van der Waals surface area contributed by atoms with Gasteiger partial charge < -0.3 is 15.9 Å². The van der Waals surface area contributed by atoms with Crippen LogP contribution in [0.3, 0.4) is 0 Å². The van der Waals surface area contributed by atoms with E-state index in [0.29, 0.717) is 5.75 Å². The molecule has 0 bridgehead atoms. The zero-order valence-electron chi connectivity index (χ0n) is 9.78. The summed E-state index contributed by atoms with van der Waals surface area (Å²) in [5.74, 6) is 0.180. The van der Waals surface area contributed by atoms with E-state index in [1.54, 1.807) is 0 Å². The Labute approximate surface area is 109 Å². The topological polar surface area (TPSA) is 123 Å². The van der Waals surface area contributed by atoms with Crippen molar-refractivity contribution in [2.75, 3.05) is 11.5 Å². The molecule has 0 saturated heterocycles. The molecule has 1 aromatic rings. The van der Waals surface area contributed by atoms with Crippen molar-refractivity contribution in [2.45, 2.75) is 25.6 Å². The zero-order valence-corrected chi connectivity index (χ0v) is 10.7. The van der Waals surface area contributed by atoms with Gasteiger partial charge in [-0.05, 0) is 19.1 Å². The summed E-state index contributed by atoms with van der Waals surface area (Å²) >= 11 is 3.95. The summed E-state index contributed by atoms with van der Waals surface area (Å²) in [4.78, 5) is 13.9. The van der Waals surface area contributed by atoms with Crippen LogP contribution in [0.25, 0.3) is 0 Å². The number of hydrogen-bond acceptors (Lipinski definition) is 7. The highest BCUT2D eigenvalue weighted by atomic mass is 32.1. The van der Waals surface area contributed by atoms with Gasteiger partial charge in [-0.25, -0.2) is 4.98 Å². The highest BCUT2D eigenvalue weighted by molar-refractivity contribution is 7.80. The van der Waals surface area contributed by atoms with Crippen LogP contribution in [0.4, 0.5) is 11.5 Å². The predicted molar refractivity (Wildman–Crippen MR) is 69.5 cm³/mol. The van der Waals surface area contributed by atoms with E-state index in [4.69, 9.17) is 5.73 Å². The third-order valence-electron chi connectivity index (χ3n) is 2.66. The number of nitrogen functional groups attached to an aromatic ring is 1. The van der Waals surface area contributed by atoms with Crippen LogP contribution in [0.5, 0.6) is 0 Å². The van der Waals surface area contributed by atoms with Crippen LogP contribution < -0.4 is 5.73 Å². The van der Waals surface area contributed by atoms with Gasteiger partial charge in [0.05, 0.1) is 11.0 Å². The summed E-state index contributed by atoms with van der Waals surface area (Å²) in [5, 5.41) is 30.4. The fraction of sp³-hybridized carbons (Fsp3) is 0.500. The van der Waals surface area contributed by atoms with E-state index >= 15 is 0 Å². The monoisotopic (exact) mass is 273 g/mol. The van der Waals surface area contributed by atoms with Crippen molar-refractivity contribution in [3.05, 3.63) is 27.4 Å². The SMILES string of the molecule is Cc1c(C(O)C(O)CCS)cnc(N)c1[N+](=O)[O-]. The second-order valence-electron chi connectivity index (χ2n) is 3.85. The number of aliphatic hydroxyl groups excluding tert-OH is 2. The normalized spacial score (nSPS) is 14.2. The first-order valence-corrected chi connectivity index (χ1v) is 5.89. The quantitative estimate of drug-likeness (QED) is 0.354. The van der Waals surface area contributed by atoms with Crippen LogP contribution in [-0.2, 0) is 0 Å². The third-order valence-corrected chi connectivity index (χ3v) is 2.92. The predicted octanol–water partition coefficient (Wildman–Crippen LogP) is 0.595. The Morgan fingerprint density at radius 2 is 2.22 bits per heavy atom. The molecule has 0 fully saturated rings. The molecule has 1 rings (SSSR count). The Hall–Kier alpha value is -1.38. The number of nitro groups is 1. The van der Waals surface area contributed by atoms with Gasteiger partial charge >= 0.3 is 5.69 Å². The molecule has 0 radical (unpaired) electrons. The van der Waals surface area contributed by atoms with Crippen molar-refractivity contribution in [3.8, 4) is 0 Å². The first-order chi connectivity index (χ1) is 8.40. The van der Waals surface area contributed by atoms with Crippen molar-refractivity contribution >= 4 is 24.1 Å². The molecule has 8 heteroatoms. The van der Waals surface area contributed by atoms with Crippen molar-refractivity contribution in [1.29, 1.82) is 0 Å². The van der Waals surface area contributed by atoms with E-state index in [-0.39, 0.29) is 29.1 Å². The molecule has 2 unspecified atom stereocenters. The maximum Gasteiger partial charge on any atom is 0.314 e. The Balaban J connectivity index is 3.18. The van der Waals surface area contributed by atoms with E-state index < -0.39 is 17.1 Å². The fourth-order valence-corrected chi connectivity index (χ4v) is 1.92. The third kappa shape index (κ3) is 2.89. The van der Waals surface area contributed by atoms with Crippen LogP contribution in [0.2, 0.25) is 0 Å². The maximum absolute atomic E-state index is 10.8. The lowest BCUT2D eigenvalue weighted by Crippen LogP contribution is -2.20. The maximum atomic E-state index is 10.8. The molecule has 100 valence electrons. The van der Waals surface area contributed by atoms with Crippen molar-refractivity contribution in [2.24, 2.45) is 0 Å². The molecule has 18 heavy (non-hydrogen) atoms. The Kier molecular flexibility index (Phi) is 4.88. The molecule has 0 aliphatic carbocycles. The number of rotatable bonds is 5. The molecule has 0 aromatic carbocycles. The van der Waals surface area contributed by atoms with E-state index in [9.17, 15) is 20.3 Å². The molecule has 1 aromatic heterocycles. The lowest BCUT2D eigenvalue weighted by Gasteiger charge is -2.19. The van der Waals surface area contributed by atoms with Crippen LogP contribution in [0.15, 0.2) is 6.20 Å². The smallest absolute Gasteiger partial charge is 0.314 e. The van der Waals surface area contributed by atoms with Crippen molar-refractivity contribution < 1.29 is 15.1 Å². The van der Waals surface area contributed by atoms with Gasteiger partial charge in [-0.1, -0.05) is 0 Å². The molecule has 0 saturated carbocycles. The van der Waals surface area contributed by atoms with E-state index in [1.807, 2.05) is 0 Å². The Morgan fingerprint density at radius 1 is 1.61 bits per heavy atom. The summed E-state index contributed by atoms with van der Waals surface area (Å²) in [6.45, 7) is 1.46. The Morgan fingerprint density at radius 3 is 2.72 bits per heavy atom. The summed E-state index contributed by atoms with van der Waals surface area (Å²) in [5.41, 5.74) is 5.48. The number of nitrogens with zero attached hydrogens (tertiary/aromatic N) is 2. The molecular formula is C10H15N3O4S. The second kappa shape index (κ2) is 5.98. The number of aliphatic hydroxyl groups is 2. The molecule has 0 amide bonds. The fourth-order valence-electron chi connectivity index (χ4n) is 1.65. The standard InChI is InChI=1S/C10H15N3O4S/c1-5-6(9(15)7(14)2-3-18)4-12-10(11)8(5)13(16)17/h4,7,9,14-15,18H,2-3H2,1H3,(H2,11,12). The Bertz CT molecular complexity index is 455. The van der Waals surface area contributed by atoms with Crippen LogP contribution >= 0.6 is 12.6 Å². The molecule has 0 spiro atoms. The minimum Gasteiger partial charge on any atom is -0.390 e. The zero-order chi connectivity index (χ0) is 13.9. The summed E-state index contributed by atoms with van der Waals surface area (Å²) < 4.78 is 0. The summed E-state index contributed by atoms with van der Waals surface area (Å²) in [7, 11) is 0.